The average molecular weight is 409 g/mol. The molecule has 2 aromatic carbocycles. The average Bonchev–Trinajstić information content (AvgIpc) is 3.07. The molecule has 7 nitrogen and oxygen atoms in total. The molecule has 1 aliphatic rings. The highest BCUT2D eigenvalue weighted by Crippen LogP contribution is 2.35. The number of aromatic hydroxyl groups is 1. The fourth-order valence-corrected chi connectivity index (χ4v) is 4.26. The predicted molar refractivity (Wildman–Crippen MR) is 111 cm³/mol. The number of nitrogens with zero attached hydrogens (tertiary/aromatic N) is 1. The van der Waals surface area contributed by atoms with Crippen LogP contribution >= 0.6 is 11.6 Å². The van der Waals surface area contributed by atoms with Crippen molar-refractivity contribution in [3.05, 3.63) is 91.2 Å². The van der Waals surface area contributed by atoms with Crippen LogP contribution in [0.4, 0.5) is 0 Å². The van der Waals surface area contributed by atoms with E-state index in [2.05, 4.69) is 15.3 Å². The molecule has 0 radical (unpaired) electrons. The summed E-state index contributed by atoms with van der Waals surface area (Å²) < 4.78 is 1.06. The number of aromatic nitrogens is 3. The molecule has 8 heteroatoms. The summed E-state index contributed by atoms with van der Waals surface area (Å²) in [7, 11) is 0. The van der Waals surface area contributed by atoms with Crippen LogP contribution in [0.2, 0.25) is 5.02 Å². The van der Waals surface area contributed by atoms with Gasteiger partial charge in [0.05, 0.1) is 11.7 Å². The molecule has 3 heterocycles. The molecule has 2 aromatic heterocycles. The number of benzene rings is 2. The van der Waals surface area contributed by atoms with Crippen LogP contribution in [0.5, 0.6) is 5.88 Å². The summed E-state index contributed by atoms with van der Waals surface area (Å²) in [5.41, 5.74) is 1.96. The first kappa shape index (κ1) is 17.8. The van der Waals surface area contributed by atoms with Crippen LogP contribution in [0.1, 0.15) is 22.9 Å². The normalized spacial score (nSPS) is 16.1. The Morgan fingerprint density at radius 1 is 1.07 bits per heavy atom. The monoisotopic (exact) mass is 408 g/mol. The molecular weight excluding hydrogens is 392 g/mol. The van der Waals surface area contributed by atoms with Crippen molar-refractivity contribution in [2.75, 3.05) is 6.54 Å². The first-order valence-corrected chi connectivity index (χ1v) is 9.59. The Labute approximate surface area is 169 Å². The summed E-state index contributed by atoms with van der Waals surface area (Å²) in [5, 5.41) is 15.8. The van der Waals surface area contributed by atoms with Crippen LogP contribution in [0, 0.1) is 0 Å². The molecule has 5 rings (SSSR count). The molecule has 0 amide bonds. The van der Waals surface area contributed by atoms with Crippen LogP contribution in [0.25, 0.3) is 16.6 Å². The predicted octanol–water partition coefficient (Wildman–Crippen LogP) is 2.60. The second-order valence-corrected chi connectivity index (χ2v) is 7.45. The maximum atomic E-state index is 12.7. The summed E-state index contributed by atoms with van der Waals surface area (Å²) >= 11 is 6.04. The number of fused-ring (bicyclic) bond motifs is 3. The standard InChI is InChI=1S/C21H17ClN4O3/c22-11-4-3-5-12(10-11)26-20(28)16(19(27)25-21(26)29)18-17-14(8-9-23-18)13-6-1-2-7-15(13)24-17/h1-7,10,18,23-24,28H,8-9H2,(H,25,27,29). The molecule has 4 aromatic rings. The number of aromatic amines is 2. The Hall–Kier alpha value is -3.29. The largest absolute Gasteiger partial charge is 0.494 e. The molecule has 0 fully saturated rings. The van der Waals surface area contributed by atoms with Crippen molar-refractivity contribution in [2.24, 2.45) is 0 Å². The van der Waals surface area contributed by atoms with Gasteiger partial charge >= 0.3 is 5.69 Å². The van der Waals surface area contributed by atoms with Gasteiger partial charge in [-0.15, -0.1) is 0 Å². The second kappa shape index (κ2) is 6.65. The summed E-state index contributed by atoms with van der Waals surface area (Å²) in [6, 6.07) is 13.9. The topological polar surface area (TPSA) is 103 Å². The van der Waals surface area contributed by atoms with Crippen LogP contribution in [-0.2, 0) is 6.42 Å². The third-order valence-electron chi connectivity index (χ3n) is 5.33. The number of H-pyrrole nitrogens is 2. The first-order valence-electron chi connectivity index (χ1n) is 9.21. The Balaban J connectivity index is 1.75. The van der Waals surface area contributed by atoms with E-state index in [-0.39, 0.29) is 5.56 Å². The number of nitrogens with one attached hydrogen (secondary N) is 3. The molecule has 1 aliphatic heterocycles. The van der Waals surface area contributed by atoms with Crippen molar-refractivity contribution in [1.29, 1.82) is 0 Å². The zero-order chi connectivity index (χ0) is 20.1. The quantitative estimate of drug-likeness (QED) is 0.409. The fourth-order valence-electron chi connectivity index (χ4n) is 4.08. The fraction of sp³-hybridized carbons (Fsp3) is 0.143. The summed E-state index contributed by atoms with van der Waals surface area (Å²) in [4.78, 5) is 30.9. The third kappa shape index (κ3) is 2.78. The van der Waals surface area contributed by atoms with Gasteiger partial charge < -0.3 is 15.4 Å². The SMILES string of the molecule is O=c1[nH]c(=O)n(-c2cccc(Cl)c2)c(O)c1C1NCCc2c1[nH]c1ccccc21. The lowest BCUT2D eigenvalue weighted by Crippen LogP contribution is -2.38. The van der Waals surface area contributed by atoms with E-state index in [1.807, 2.05) is 24.3 Å². The minimum Gasteiger partial charge on any atom is -0.494 e. The lowest BCUT2D eigenvalue weighted by atomic mass is 9.95. The van der Waals surface area contributed by atoms with E-state index >= 15 is 0 Å². The molecule has 29 heavy (non-hydrogen) atoms. The van der Waals surface area contributed by atoms with Gasteiger partial charge in [-0.25, -0.2) is 9.36 Å². The minimum atomic E-state index is -0.730. The highest BCUT2D eigenvalue weighted by atomic mass is 35.5. The van der Waals surface area contributed by atoms with E-state index in [1.165, 1.54) is 0 Å². The molecule has 1 atom stereocenters. The van der Waals surface area contributed by atoms with Crippen molar-refractivity contribution < 1.29 is 5.11 Å². The first-order chi connectivity index (χ1) is 14.0. The number of rotatable bonds is 2. The number of halogens is 1. The molecule has 0 spiro atoms. The Morgan fingerprint density at radius 3 is 2.72 bits per heavy atom. The van der Waals surface area contributed by atoms with Crippen LogP contribution in [0.15, 0.2) is 58.1 Å². The van der Waals surface area contributed by atoms with Crippen molar-refractivity contribution in [3.63, 3.8) is 0 Å². The number of hydrogen-bond acceptors (Lipinski definition) is 4. The molecule has 146 valence electrons. The van der Waals surface area contributed by atoms with Gasteiger partial charge in [-0.3, -0.25) is 9.78 Å². The maximum Gasteiger partial charge on any atom is 0.335 e. The van der Waals surface area contributed by atoms with Crippen molar-refractivity contribution in [1.82, 2.24) is 19.9 Å². The van der Waals surface area contributed by atoms with Crippen molar-refractivity contribution in [2.45, 2.75) is 12.5 Å². The zero-order valence-corrected chi connectivity index (χ0v) is 16.0. The molecule has 4 N–H and O–H groups in total. The van der Waals surface area contributed by atoms with Gasteiger partial charge in [0.2, 0.25) is 5.88 Å². The van der Waals surface area contributed by atoms with E-state index < -0.39 is 23.2 Å². The van der Waals surface area contributed by atoms with Crippen molar-refractivity contribution >= 4 is 22.5 Å². The lowest BCUT2D eigenvalue weighted by molar-refractivity contribution is 0.410. The Bertz CT molecular complexity index is 1370. The molecule has 0 saturated heterocycles. The molecule has 0 aliphatic carbocycles. The van der Waals surface area contributed by atoms with Gasteiger partial charge in [-0.05, 0) is 36.2 Å². The molecule has 0 saturated carbocycles. The Kier molecular flexibility index (Phi) is 4.08. The van der Waals surface area contributed by atoms with Gasteiger partial charge in [0.15, 0.2) is 0 Å². The van der Waals surface area contributed by atoms with Crippen molar-refractivity contribution in [3.8, 4) is 11.6 Å². The maximum absolute atomic E-state index is 12.7. The zero-order valence-electron chi connectivity index (χ0n) is 15.2. The Morgan fingerprint density at radius 2 is 1.90 bits per heavy atom. The number of hydrogen-bond donors (Lipinski definition) is 4. The lowest BCUT2D eigenvalue weighted by Gasteiger charge is -2.25. The summed E-state index contributed by atoms with van der Waals surface area (Å²) in [6.45, 7) is 0.634. The summed E-state index contributed by atoms with van der Waals surface area (Å²) in [5.74, 6) is -0.412. The van der Waals surface area contributed by atoms with Gasteiger partial charge in [-0.1, -0.05) is 35.9 Å². The molecule has 1 unspecified atom stereocenters. The third-order valence-corrected chi connectivity index (χ3v) is 5.57. The highest BCUT2D eigenvalue weighted by molar-refractivity contribution is 6.30. The van der Waals surface area contributed by atoms with Gasteiger partial charge in [0.1, 0.15) is 5.56 Å². The van der Waals surface area contributed by atoms with Crippen LogP contribution < -0.4 is 16.6 Å². The van der Waals surface area contributed by atoms with Gasteiger partial charge in [0, 0.05) is 28.2 Å². The summed E-state index contributed by atoms with van der Waals surface area (Å²) in [6.07, 6.45) is 0.794. The van der Waals surface area contributed by atoms with Crippen LogP contribution in [0.3, 0.4) is 0 Å². The molecule has 0 bridgehead atoms. The smallest absolute Gasteiger partial charge is 0.335 e. The van der Waals surface area contributed by atoms with Gasteiger partial charge in [0.25, 0.3) is 5.56 Å². The molecular formula is C21H17ClN4O3. The van der Waals surface area contributed by atoms with E-state index in [0.29, 0.717) is 17.3 Å². The minimum absolute atomic E-state index is 0.0806. The van der Waals surface area contributed by atoms with E-state index in [4.69, 9.17) is 11.6 Å². The second-order valence-electron chi connectivity index (χ2n) is 7.01. The highest BCUT2D eigenvalue weighted by Gasteiger charge is 2.31. The van der Waals surface area contributed by atoms with E-state index in [0.717, 1.165) is 33.1 Å². The van der Waals surface area contributed by atoms with E-state index in [1.54, 1.807) is 24.3 Å². The van der Waals surface area contributed by atoms with Crippen LogP contribution in [-0.4, -0.2) is 26.2 Å². The van der Waals surface area contributed by atoms with Gasteiger partial charge in [-0.2, -0.15) is 0 Å². The number of para-hydroxylation sites is 1. The van der Waals surface area contributed by atoms with E-state index in [9.17, 15) is 14.7 Å².